The molecule has 3 nitrogen and oxygen atoms in total. The SMILES string of the molecule is O=C1N=C(c2ccc(F)cc2)CC1O. The highest BCUT2D eigenvalue weighted by atomic mass is 19.1. The van der Waals surface area contributed by atoms with Crippen LogP contribution in [0.5, 0.6) is 0 Å². The minimum Gasteiger partial charge on any atom is -0.383 e. The smallest absolute Gasteiger partial charge is 0.275 e. The molecule has 14 heavy (non-hydrogen) atoms. The zero-order valence-electron chi connectivity index (χ0n) is 7.27. The minimum absolute atomic E-state index is 0.213. The van der Waals surface area contributed by atoms with Gasteiger partial charge in [-0.1, -0.05) is 12.1 Å². The van der Waals surface area contributed by atoms with Crippen LogP contribution in [0.4, 0.5) is 4.39 Å². The highest BCUT2D eigenvalue weighted by Crippen LogP contribution is 2.15. The summed E-state index contributed by atoms with van der Waals surface area (Å²) in [6, 6.07) is 5.68. The van der Waals surface area contributed by atoms with E-state index in [1.54, 1.807) is 12.1 Å². The minimum atomic E-state index is -1.03. The summed E-state index contributed by atoms with van der Waals surface area (Å²) in [5.74, 6) is -0.858. The van der Waals surface area contributed by atoms with Gasteiger partial charge in [-0.25, -0.2) is 9.38 Å². The fourth-order valence-corrected chi connectivity index (χ4v) is 1.35. The van der Waals surface area contributed by atoms with Gasteiger partial charge in [0.15, 0.2) is 0 Å². The van der Waals surface area contributed by atoms with E-state index < -0.39 is 12.0 Å². The number of aliphatic hydroxyl groups is 1. The normalized spacial score (nSPS) is 21.1. The first-order chi connectivity index (χ1) is 6.66. The second-order valence-corrected chi connectivity index (χ2v) is 3.12. The number of nitrogens with zero attached hydrogens (tertiary/aromatic N) is 1. The molecule has 0 saturated carbocycles. The average Bonchev–Trinajstić information content (AvgIpc) is 2.48. The van der Waals surface area contributed by atoms with Gasteiger partial charge in [0.2, 0.25) is 0 Å². The van der Waals surface area contributed by atoms with E-state index in [2.05, 4.69) is 4.99 Å². The van der Waals surface area contributed by atoms with Crippen LogP contribution >= 0.6 is 0 Å². The number of carbonyl (C=O) groups excluding carboxylic acids is 1. The van der Waals surface area contributed by atoms with Crippen LogP contribution in [-0.4, -0.2) is 22.8 Å². The van der Waals surface area contributed by atoms with Crippen molar-refractivity contribution in [2.24, 2.45) is 4.99 Å². The number of rotatable bonds is 1. The zero-order chi connectivity index (χ0) is 10.1. The molecular formula is C10H8FNO2. The van der Waals surface area contributed by atoms with Crippen LogP contribution in [0.1, 0.15) is 12.0 Å². The first kappa shape index (κ1) is 9.02. The number of benzene rings is 1. The Morgan fingerprint density at radius 3 is 2.50 bits per heavy atom. The molecule has 2 rings (SSSR count). The topological polar surface area (TPSA) is 49.7 Å². The quantitative estimate of drug-likeness (QED) is 0.720. The summed E-state index contributed by atoms with van der Waals surface area (Å²) in [5, 5.41) is 9.15. The molecule has 0 spiro atoms. The predicted molar refractivity (Wildman–Crippen MR) is 48.6 cm³/mol. The molecule has 1 aromatic rings. The van der Waals surface area contributed by atoms with Crippen LogP contribution in [0.15, 0.2) is 29.3 Å². The maximum Gasteiger partial charge on any atom is 0.275 e. The molecule has 4 heteroatoms. The van der Waals surface area contributed by atoms with E-state index in [1.165, 1.54) is 12.1 Å². The van der Waals surface area contributed by atoms with Gasteiger partial charge >= 0.3 is 0 Å². The van der Waals surface area contributed by atoms with Gasteiger partial charge in [0.1, 0.15) is 11.9 Å². The number of aliphatic imine (C=N–C) groups is 1. The second kappa shape index (κ2) is 3.31. The van der Waals surface area contributed by atoms with Crippen LogP contribution < -0.4 is 0 Å². The van der Waals surface area contributed by atoms with E-state index in [9.17, 15) is 9.18 Å². The Balaban J connectivity index is 2.29. The van der Waals surface area contributed by atoms with Crippen LogP contribution in [0.2, 0.25) is 0 Å². The molecule has 1 N–H and O–H groups in total. The van der Waals surface area contributed by atoms with Gasteiger partial charge in [0.05, 0.1) is 5.71 Å². The lowest BCUT2D eigenvalue weighted by molar-refractivity contribution is -0.124. The number of carbonyl (C=O) groups is 1. The van der Waals surface area contributed by atoms with Gasteiger partial charge in [-0.15, -0.1) is 0 Å². The number of halogens is 1. The largest absolute Gasteiger partial charge is 0.383 e. The van der Waals surface area contributed by atoms with Gasteiger partial charge in [-0.3, -0.25) is 4.79 Å². The van der Waals surface area contributed by atoms with Gasteiger partial charge < -0.3 is 5.11 Å². The van der Waals surface area contributed by atoms with E-state index >= 15 is 0 Å². The lowest BCUT2D eigenvalue weighted by Gasteiger charge is -1.99. The summed E-state index contributed by atoms with van der Waals surface area (Å²) < 4.78 is 12.6. The molecule has 1 unspecified atom stereocenters. The second-order valence-electron chi connectivity index (χ2n) is 3.12. The van der Waals surface area contributed by atoms with E-state index in [4.69, 9.17) is 5.11 Å². The summed E-state index contributed by atoms with van der Waals surface area (Å²) in [4.78, 5) is 14.6. The fourth-order valence-electron chi connectivity index (χ4n) is 1.35. The molecule has 1 amide bonds. The molecule has 72 valence electrons. The summed E-state index contributed by atoms with van der Waals surface area (Å²) in [6.45, 7) is 0. The van der Waals surface area contributed by atoms with Crippen molar-refractivity contribution in [2.45, 2.75) is 12.5 Å². The molecule has 1 atom stereocenters. The molecule has 0 radical (unpaired) electrons. The number of hydrogen-bond donors (Lipinski definition) is 1. The van der Waals surface area contributed by atoms with Crippen molar-refractivity contribution < 1.29 is 14.3 Å². The monoisotopic (exact) mass is 193 g/mol. The van der Waals surface area contributed by atoms with Crippen LogP contribution in [0, 0.1) is 5.82 Å². The van der Waals surface area contributed by atoms with Crippen molar-refractivity contribution in [3.8, 4) is 0 Å². The summed E-state index contributed by atoms with van der Waals surface area (Å²) in [7, 11) is 0. The molecule has 1 aromatic carbocycles. The van der Waals surface area contributed by atoms with E-state index in [0.29, 0.717) is 11.3 Å². The van der Waals surface area contributed by atoms with Crippen molar-refractivity contribution >= 4 is 11.6 Å². The summed E-state index contributed by atoms with van der Waals surface area (Å²) in [5.41, 5.74) is 1.19. The van der Waals surface area contributed by atoms with E-state index in [-0.39, 0.29) is 12.2 Å². The summed E-state index contributed by atoms with van der Waals surface area (Å²) in [6.07, 6.45) is -0.820. The third-order valence-corrected chi connectivity index (χ3v) is 2.09. The molecule has 0 bridgehead atoms. The number of aliphatic hydroxyl groups excluding tert-OH is 1. The van der Waals surface area contributed by atoms with Gasteiger partial charge in [0.25, 0.3) is 5.91 Å². The Labute approximate surface area is 79.9 Å². The maximum atomic E-state index is 12.6. The van der Waals surface area contributed by atoms with Crippen LogP contribution in [0.25, 0.3) is 0 Å². The first-order valence-corrected chi connectivity index (χ1v) is 4.22. The van der Waals surface area contributed by atoms with Crippen LogP contribution in [-0.2, 0) is 4.79 Å². The Bertz CT molecular complexity index is 397. The number of amides is 1. The lowest BCUT2D eigenvalue weighted by Crippen LogP contribution is -2.12. The molecule has 0 aromatic heterocycles. The van der Waals surface area contributed by atoms with Crippen molar-refractivity contribution in [3.63, 3.8) is 0 Å². The van der Waals surface area contributed by atoms with Gasteiger partial charge in [0, 0.05) is 6.42 Å². The molecule has 0 saturated heterocycles. The fraction of sp³-hybridized carbons (Fsp3) is 0.200. The Hall–Kier alpha value is -1.55. The average molecular weight is 193 g/mol. The third kappa shape index (κ3) is 1.56. The van der Waals surface area contributed by atoms with Gasteiger partial charge in [-0.05, 0) is 17.7 Å². The Morgan fingerprint density at radius 1 is 1.36 bits per heavy atom. The molecule has 1 heterocycles. The molecule has 1 aliphatic heterocycles. The lowest BCUT2D eigenvalue weighted by atomic mass is 10.1. The molecule has 1 aliphatic rings. The zero-order valence-corrected chi connectivity index (χ0v) is 7.27. The highest BCUT2D eigenvalue weighted by molar-refractivity contribution is 6.13. The molecule has 0 fully saturated rings. The number of hydrogen-bond acceptors (Lipinski definition) is 2. The van der Waals surface area contributed by atoms with Crippen molar-refractivity contribution in [3.05, 3.63) is 35.6 Å². The van der Waals surface area contributed by atoms with E-state index in [1.807, 2.05) is 0 Å². The van der Waals surface area contributed by atoms with Crippen molar-refractivity contribution in [2.75, 3.05) is 0 Å². The highest BCUT2D eigenvalue weighted by Gasteiger charge is 2.25. The van der Waals surface area contributed by atoms with Crippen molar-refractivity contribution in [1.82, 2.24) is 0 Å². The molecule has 0 aliphatic carbocycles. The predicted octanol–water partition coefficient (Wildman–Crippen LogP) is 0.906. The van der Waals surface area contributed by atoms with Crippen molar-refractivity contribution in [1.29, 1.82) is 0 Å². The molecular weight excluding hydrogens is 185 g/mol. The van der Waals surface area contributed by atoms with Crippen LogP contribution in [0.3, 0.4) is 0 Å². The van der Waals surface area contributed by atoms with Gasteiger partial charge in [-0.2, -0.15) is 0 Å². The Morgan fingerprint density at radius 2 is 2.00 bits per heavy atom. The maximum absolute atomic E-state index is 12.6. The van der Waals surface area contributed by atoms with E-state index in [0.717, 1.165) is 0 Å². The third-order valence-electron chi connectivity index (χ3n) is 2.09. The standard InChI is InChI=1S/C10H8FNO2/c11-7-3-1-6(2-4-7)8-5-9(13)10(14)12-8/h1-4,9,13H,5H2. The Kier molecular flexibility index (Phi) is 2.13. The summed E-state index contributed by atoms with van der Waals surface area (Å²) >= 11 is 0. The first-order valence-electron chi connectivity index (χ1n) is 4.22.